The Morgan fingerprint density at radius 1 is 1.28 bits per heavy atom. The van der Waals surface area contributed by atoms with Gasteiger partial charge in [0, 0.05) is 29.2 Å². The predicted octanol–water partition coefficient (Wildman–Crippen LogP) is 2.25. The minimum absolute atomic E-state index is 0.0958. The lowest BCUT2D eigenvalue weighted by Gasteiger charge is -2.12. The van der Waals surface area contributed by atoms with Gasteiger partial charge in [-0.1, -0.05) is 32.0 Å². The second-order valence-corrected chi connectivity index (χ2v) is 6.36. The van der Waals surface area contributed by atoms with Gasteiger partial charge in [0.15, 0.2) is 5.82 Å². The summed E-state index contributed by atoms with van der Waals surface area (Å²) in [4.78, 5) is 33.9. The van der Waals surface area contributed by atoms with Gasteiger partial charge in [-0.2, -0.15) is 0 Å². The third-order valence-corrected chi connectivity index (χ3v) is 3.25. The molecule has 1 aromatic carbocycles. The lowest BCUT2D eigenvalue weighted by molar-refractivity contribution is -0.384. The summed E-state index contributed by atoms with van der Waals surface area (Å²) >= 11 is 0. The second-order valence-electron chi connectivity index (χ2n) is 6.36. The van der Waals surface area contributed by atoms with Crippen LogP contribution in [0.25, 0.3) is 0 Å². The summed E-state index contributed by atoms with van der Waals surface area (Å²) in [6.45, 7) is 5.52. The second kappa shape index (κ2) is 7.12. The molecule has 0 fully saturated rings. The Morgan fingerprint density at radius 3 is 2.60 bits per heavy atom. The van der Waals surface area contributed by atoms with Gasteiger partial charge in [-0.3, -0.25) is 19.7 Å². The number of carbonyl (C=O) groups excluding carboxylic acids is 2. The van der Waals surface area contributed by atoms with Gasteiger partial charge in [0.05, 0.1) is 11.5 Å². The van der Waals surface area contributed by atoms with Crippen LogP contribution in [0.15, 0.2) is 34.9 Å². The summed E-state index contributed by atoms with van der Waals surface area (Å²) < 4.78 is 5.14. The predicted molar refractivity (Wildman–Crippen MR) is 89.3 cm³/mol. The molecule has 0 atom stereocenters. The minimum Gasteiger partial charge on any atom is -0.359 e. The van der Waals surface area contributed by atoms with Crippen molar-refractivity contribution in [1.29, 1.82) is 0 Å². The van der Waals surface area contributed by atoms with Crippen molar-refractivity contribution in [3.8, 4) is 0 Å². The van der Waals surface area contributed by atoms with E-state index in [0.29, 0.717) is 5.76 Å². The molecule has 9 heteroatoms. The molecule has 132 valence electrons. The zero-order chi connectivity index (χ0) is 18.6. The fourth-order valence-corrected chi connectivity index (χ4v) is 1.90. The Hall–Kier alpha value is -3.23. The zero-order valence-electron chi connectivity index (χ0n) is 14.0. The topological polar surface area (TPSA) is 127 Å². The van der Waals surface area contributed by atoms with E-state index in [1.165, 1.54) is 18.2 Å². The molecule has 2 rings (SSSR count). The Labute approximate surface area is 143 Å². The average Bonchev–Trinajstić information content (AvgIpc) is 3.01. The Kier molecular flexibility index (Phi) is 5.16. The maximum Gasteiger partial charge on any atom is 0.270 e. The SMILES string of the molecule is CC(C)(C)c1cc(NC(=O)CNC(=O)c2cccc([N+](=O)[O-])c2)no1. The molecule has 0 radical (unpaired) electrons. The summed E-state index contributed by atoms with van der Waals surface area (Å²) in [5.74, 6) is -0.218. The van der Waals surface area contributed by atoms with Crippen molar-refractivity contribution in [3.63, 3.8) is 0 Å². The number of nitro groups is 1. The van der Waals surface area contributed by atoms with Gasteiger partial charge in [0.2, 0.25) is 5.91 Å². The molecule has 0 saturated carbocycles. The number of nitrogens with one attached hydrogen (secondary N) is 2. The van der Waals surface area contributed by atoms with E-state index in [2.05, 4.69) is 15.8 Å². The highest BCUT2D eigenvalue weighted by Crippen LogP contribution is 2.24. The fraction of sp³-hybridized carbons (Fsp3) is 0.312. The van der Waals surface area contributed by atoms with Crippen LogP contribution < -0.4 is 10.6 Å². The number of carbonyl (C=O) groups is 2. The van der Waals surface area contributed by atoms with Gasteiger partial charge < -0.3 is 15.2 Å². The van der Waals surface area contributed by atoms with Gasteiger partial charge in [0.1, 0.15) is 5.76 Å². The fourth-order valence-electron chi connectivity index (χ4n) is 1.90. The largest absolute Gasteiger partial charge is 0.359 e. The van der Waals surface area contributed by atoms with E-state index in [1.54, 1.807) is 6.07 Å². The maximum absolute atomic E-state index is 12.0. The summed E-state index contributed by atoms with van der Waals surface area (Å²) in [5, 5.41) is 19.4. The number of nitrogens with zero attached hydrogens (tertiary/aromatic N) is 2. The van der Waals surface area contributed by atoms with Crippen LogP contribution in [0.2, 0.25) is 0 Å². The molecule has 2 N–H and O–H groups in total. The molecule has 25 heavy (non-hydrogen) atoms. The van der Waals surface area contributed by atoms with E-state index in [4.69, 9.17) is 4.52 Å². The summed E-state index contributed by atoms with van der Waals surface area (Å²) in [6.07, 6.45) is 0. The number of rotatable bonds is 5. The molecule has 9 nitrogen and oxygen atoms in total. The molecule has 1 aromatic heterocycles. The molecule has 0 bridgehead atoms. The number of non-ortho nitro benzene ring substituents is 1. The molecule has 0 unspecified atom stereocenters. The lowest BCUT2D eigenvalue weighted by Crippen LogP contribution is -2.32. The van der Waals surface area contributed by atoms with Crippen molar-refractivity contribution in [2.45, 2.75) is 26.2 Å². The number of hydrogen-bond acceptors (Lipinski definition) is 6. The molecule has 0 aliphatic carbocycles. The smallest absolute Gasteiger partial charge is 0.270 e. The highest BCUT2D eigenvalue weighted by molar-refractivity contribution is 5.99. The van der Waals surface area contributed by atoms with Gasteiger partial charge in [-0.25, -0.2) is 0 Å². The van der Waals surface area contributed by atoms with E-state index in [1.807, 2.05) is 20.8 Å². The van der Waals surface area contributed by atoms with Crippen LogP contribution in [0.4, 0.5) is 11.5 Å². The number of benzene rings is 1. The van der Waals surface area contributed by atoms with Crippen LogP contribution in [0.1, 0.15) is 36.9 Å². The molecular weight excluding hydrogens is 328 g/mol. The minimum atomic E-state index is -0.596. The number of aromatic nitrogens is 1. The van der Waals surface area contributed by atoms with Gasteiger partial charge in [0.25, 0.3) is 11.6 Å². The number of amides is 2. The highest BCUT2D eigenvalue weighted by Gasteiger charge is 2.20. The summed E-state index contributed by atoms with van der Waals surface area (Å²) in [6, 6.07) is 6.85. The molecule has 0 aliphatic heterocycles. The van der Waals surface area contributed by atoms with Crippen LogP contribution in [-0.4, -0.2) is 28.4 Å². The van der Waals surface area contributed by atoms with Crippen LogP contribution in [0.3, 0.4) is 0 Å². The molecule has 2 aromatic rings. The lowest BCUT2D eigenvalue weighted by atomic mass is 9.93. The van der Waals surface area contributed by atoms with Crippen molar-refractivity contribution in [3.05, 3.63) is 51.8 Å². The zero-order valence-corrected chi connectivity index (χ0v) is 14.0. The van der Waals surface area contributed by atoms with Crippen LogP contribution in [-0.2, 0) is 10.2 Å². The van der Waals surface area contributed by atoms with Gasteiger partial charge in [-0.05, 0) is 6.07 Å². The molecule has 0 saturated heterocycles. The molecule has 1 heterocycles. The first-order chi connectivity index (χ1) is 11.7. The van der Waals surface area contributed by atoms with Crippen molar-refractivity contribution in [2.24, 2.45) is 0 Å². The molecule has 0 spiro atoms. The normalized spacial score (nSPS) is 11.0. The third kappa shape index (κ3) is 4.87. The van der Waals surface area contributed by atoms with Crippen LogP contribution >= 0.6 is 0 Å². The van der Waals surface area contributed by atoms with E-state index in [9.17, 15) is 19.7 Å². The molecule has 0 aliphatic rings. The first-order valence-corrected chi connectivity index (χ1v) is 7.46. The number of nitro benzene ring substituents is 1. The number of anilines is 1. The quantitative estimate of drug-likeness (QED) is 0.631. The van der Waals surface area contributed by atoms with Gasteiger partial charge in [-0.15, -0.1) is 0 Å². The first kappa shape index (κ1) is 18.1. The molecular formula is C16H18N4O5. The third-order valence-electron chi connectivity index (χ3n) is 3.25. The van der Waals surface area contributed by atoms with Crippen molar-refractivity contribution >= 4 is 23.3 Å². The van der Waals surface area contributed by atoms with Crippen molar-refractivity contribution in [2.75, 3.05) is 11.9 Å². The molecule has 2 amide bonds. The Morgan fingerprint density at radius 2 is 2.00 bits per heavy atom. The maximum atomic E-state index is 12.0. The van der Waals surface area contributed by atoms with E-state index in [-0.39, 0.29) is 29.0 Å². The van der Waals surface area contributed by atoms with E-state index >= 15 is 0 Å². The van der Waals surface area contributed by atoms with Crippen LogP contribution in [0.5, 0.6) is 0 Å². The first-order valence-electron chi connectivity index (χ1n) is 7.46. The standard InChI is InChI=1S/C16H18N4O5/c1-16(2,3)12-8-13(19-25-12)18-14(21)9-17-15(22)10-5-4-6-11(7-10)20(23)24/h4-8H,9H2,1-3H3,(H,17,22)(H,18,19,21). The summed E-state index contributed by atoms with van der Waals surface area (Å²) in [7, 11) is 0. The van der Waals surface area contributed by atoms with Crippen molar-refractivity contribution in [1.82, 2.24) is 10.5 Å². The highest BCUT2D eigenvalue weighted by atomic mass is 16.6. The number of hydrogen-bond donors (Lipinski definition) is 2. The van der Waals surface area contributed by atoms with E-state index in [0.717, 1.165) is 6.07 Å². The summed E-state index contributed by atoms with van der Waals surface area (Å²) in [5.41, 5.74) is -0.348. The average molecular weight is 346 g/mol. The van der Waals surface area contributed by atoms with E-state index < -0.39 is 16.7 Å². The van der Waals surface area contributed by atoms with Crippen molar-refractivity contribution < 1.29 is 19.0 Å². The van der Waals surface area contributed by atoms with Gasteiger partial charge >= 0.3 is 0 Å². The Balaban J connectivity index is 1.91. The Bertz CT molecular complexity index is 807. The monoisotopic (exact) mass is 346 g/mol. The van der Waals surface area contributed by atoms with Crippen LogP contribution in [0, 0.1) is 10.1 Å².